The SMILES string of the molecule is COc1cc([N+](=O)[O-])ccc1N1C(=O)[C@H]2[C@@H](C1=O)[C@@]1(C(=O)Nc3c1ccc(Cl)c3C)N1CCC[C@@H]21. The first kappa shape index (κ1) is 22.0. The summed E-state index contributed by atoms with van der Waals surface area (Å²) in [6.07, 6.45) is 1.48. The van der Waals surface area contributed by atoms with Crippen LogP contribution in [0.3, 0.4) is 0 Å². The second-order valence-electron chi connectivity index (χ2n) is 9.35. The van der Waals surface area contributed by atoms with Gasteiger partial charge in [0.25, 0.3) is 5.69 Å². The minimum Gasteiger partial charge on any atom is -0.494 e. The third-order valence-electron chi connectivity index (χ3n) is 7.98. The zero-order valence-corrected chi connectivity index (χ0v) is 19.7. The van der Waals surface area contributed by atoms with Gasteiger partial charge < -0.3 is 10.1 Å². The van der Waals surface area contributed by atoms with Crippen LogP contribution in [0.2, 0.25) is 5.02 Å². The molecule has 10 nitrogen and oxygen atoms in total. The van der Waals surface area contributed by atoms with Gasteiger partial charge in [-0.1, -0.05) is 17.7 Å². The van der Waals surface area contributed by atoms with Crippen molar-refractivity contribution in [3.63, 3.8) is 0 Å². The normalized spacial score (nSPS) is 28.9. The van der Waals surface area contributed by atoms with Gasteiger partial charge in [0.15, 0.2) is 0 Å². The van der Waals surface area contributed by atoms with Crippen molar-refractivity contribution in [2.45, 2.75) is 31.3 Å². The summed E-state index contributed by atoms with van der Waals surface area (Å²) in [5, 5.41) is 14.7. The van der Waals surface area contributed by atoms with Crippen LogP contribution in [0.5, 0.6) is 5.75 Å². The number of methoxy groups -OCH3 is 1. The van der Waals surface area contributed by atoms with Crippen LogP contribution in [-0.4, -0.2) is 47.2 Å². The molecule has 3 saturated heterocycles. The van der Waals surface area contributed by atoms with E-state index >= 15 is 0 Å². The van der Waals surface area contributed by atoms with Crippen molar-refractivity contribution in [3.05, 3.63) is 56.6 Å². The van der Waals surface area contributed by atoms with Gasteiger partial charge >= 0.3 is 0 Å². The summed E-state index contributed by atoms with van der Waals surface area (Å²) < 4.78 is 5.32. The highest BCUT2D eigenvalue weighted by atomic mass is 35.5. The highest BCUT2D eigenvalue weighted by Gasteiger charge is 2.74. The Morgan fingerprint density at radius 1 is 1.20 bits per heavy atom. The molecule has 0 bridgehead atoms. The molecule has 4 aliphatic rings. The molecule has 0 aromatic heterocycles. The summed E-state index contributed by atoms with van der Waals surface area (Å²) >= 11 is 6.33. The molecule has 4 atom stereocenters. The maximum atomic E-state index is 14.1. The van der Waals surface area contributed by atoms with Gasteiger partial charge in [-0.25, -0.2) is 4.90 Å². The average Bonchev–Trinajstić information content (AvgIpc) is 3.54. The first-order valence-corrected chi connectivity index (χ1v) is 11.7. The number of carbonyl (C=O) groups is 3. The van der Waals surface area contributed by atoms with Crippen LogP contribution >= 0.6 is 11.6 Å². The molecule has 0 saturated carbocycles. The van der Waals surface area contributed by atoms with E-state index in [0.29, 0.717) is 34.8 Å². The molecule has 2 aromatic rings. The third-order valence-corrected chi connectivity index (χ3v) is 8.39. The zero-order chi connectivity index (χ0) is 24.8. The molecule has 6 rings (SSSR count). The van der Waals surface area contributed by atoms with Crippen LogP contribution in [0.25, 0.3) is 0 Å². The number of nitrogens with zero attached hydrogens (tertiary/aromatic N) is 3. The van der Waals surface area contributed by atoms with Crippen molar-refractivity contribution in [1.29, 1.82) is 0 Å². The molecule has 35 heavy (non-hydrogen) atoms. The lowest BCUT2D eigenvalue weighted by molar-refractivity contribution is -0.384. The first-order chi connectivity index (χ1) is 16.7. The monoisotopic (exact) mass is 496 g/mol. The van der Waals surface area contributed by atoms with Crippen LogP contribution < -0.4 is 15.0 Å². The van der Waals surface area contributed by atoms with Crippen LogP contribution in [0.4, 0.5) is 17.1 Å². The number of nitrogens with one attached hydrogen (secondary N) is 1. The Labute approximate surface area is 204 Å². The van der Waals surface area contributed by atoms with Crippen LogP contribution in [0, 0.1) is 28.9 Å². The van der Waals surface area contributed by atoms with E-state index in [9.17, 15) is 24.5 Å². The fourth-order valence-corrected chi connectivity index (χ4v) is 6.75. The number of hydrogen-bond donors (Lipinski definition) is 1. The zero-order valence-electron chi connectivity index (χ0n) is 18.9. The summed E-state index contributed by atoms with van der Waals surface area (Å²) in [6.45, 7) is 2.40. The maximum Gasteiger partial charge on any atom is 0.273 e. The van der Waals surface area contributed by atoms with Gasteiger partial charge in [-0.05, 0) is 44.0 Å². The van der Waals surface area contributed by atoms with Crippen molar-refractivity contribution in [3.8, 4) is 5.75 Å². The highest BCUT2D eigenvalue weighted by Crippen LogP contribution is 2.61. The number of carbonyl (C=O) groups excluding carboxylic acids is 3. The predicted molar refractivity (Wildman–Crippen MR) is 125 cm³/mol. The smallest absolute Gasteiger partial charge is 0.273 e. The summed E-state index contributed by atoms with van der Waals surface area (Å²) in [5.41, 5.74) is 0.529. The van der Waals surface area contributed by atoms with Gasteiger partial charge in [0.2, 0.25) is 17.7 Å². The van der Waals surface area contributed by atoms with Crippen LogP contribution in [0.1, 0.15) is 24.0 Å². The molecule has 4 heterocycles. The molecule has 1 N–H and O–H groups in total. The summed E-state index contributed by atoms with van der Waals surface area (Å²) in [5.74, 6) is -2.90. The van der Waals surface area contributed by atoms with Crippen molar-refractivity contribution < 1.29 is 24.0 Å². The standard InChI is InChI=1S/C24H21ClN4O6/c1-11-14(25)7-6-13-20(11)26-23(32)24(13)19-18(16-4-3-9-27(16)24)21(30)28(22(19)31)15-8-5-12(29(33)34)10-17(15)35-2/h5-8,10,16,18-19H,3-4,9H2,1-2H3,(H,26,32)/t16-,18+,19-,24-/m0/s1. The average molecular weight is 497 g/mol. The number of imide groups is 1. The Hall–Kier alpha value is -3.50. The largest absolute Gasteiger partial charge is 0.494 e. The van der Waals surface area contributed by atoms with Gasteiger partial charge in [-0.15, -0.1) is 0 Å². The summed E-state index contributed by atoms with van der Waals surface area (Å²) in [4.78, 5) is 55.4. The van der Waals surface area contributed by atoms with E-state index in [0.717, 1.165) is 11.3 Å². The predicted octanol–water partition coefficient (Wildman–Crippen LogP) is 3.00. The Morgan fingerprint density at radius 3 is 2.69 bits per heavy atom. The molecule has 11 heteroatoms. The van der Waals surface area contributed by atoms with Crippen molar-refractivity contribution in [2.24, 2.45) is 11.8 Å². The molecule has 4 aliphatic heterocycles. The number of benzene rings is 2. The number of amides is 3. The van der Waals surface area contributed by atoms with Crippen molar-refractivity contribution >= 4 is 46.4 Å². The Bertz CT molecular complexity index is 1360. The molecule has 0 radical (unpaired) electrons. The van der Waals surface area contributed by atoms with Crippen LogP contribution in [-0.2, 0) is 19.9 Å². The molecular weight excluding hydrogens is 476 g/mol. The lowest BCUT2D eigenvalue weighted by atomic mass is 9.75. The number of hydrogen-bond acceptors (Lipinski definition) is 7. The third kappa shape index (κ3) is 2.55. The second-order valence-corrected chi connectivity index (χ2v) is 9.75. The molecule has 180 valence electrons. The van der Waals surface area contributed by atoms with E-state index in [-0.39, 0.29) is 29.1 Å². The molecule has 3 fully saturated rings. The van der Waals surface area contributed by atoms with Gasteiger partial charge in [0, 0.05) is 22.7 Å². The topological polar surface area (TPSA) is 122 Å². The van der Waals surface area contributed by atoms with Crippen LogP contribution in [0.15, 0.2) is 30.3 Å². The van der Waals surface area contributed by atoms with Crippen molar-refractivity contribution in [2.75, 3.05) is 23.9 Å². The van der Waals surface area contributed by atoms with Gasteiger partial charge in [0.05, 0.1) is 41.3 Å². The maximum absolute atomic E-state index is 14.1. The fraction of sp³-hybridized carbons (Fsp3) is 0.375. The Kier molecular flexibility index (Phi) is 4.56. The second kappa shape index (κ2) is 7.25. The molecule has 0 aliphatic carbocycles. The van der Waals surface area contributed by atoms with E-state index in [2.05, 4.69) is 5.32 Å². The van der Waals surface area contributed by atoms with Gasteiger partial charge in [-0.2, -0.15) is 0 Å². The van der Waals surface area contributed by atoms with Crippen molar-refractivity contribution in [1.82, 2.24) is 4.90 Å². The van der Waals surface area contributed by atoms with Gasteiger partial charge in [0.1, 0.15) is 11.3 Å². The number of nitro benzene ring substituents is 1. The number of fused-ring (bicyclic) bond motifs is 7. The highest BCUT2D eigenvalue weighted by molar-refractivity contribution is 6.32. The van der Waals surface area contributed by atoms with E-state index < -0.39 is 34.1 Å². The lowest BCUT2D eigenvalue weighted by Gasteiger charge is -2.36. The minimum absolute atomic E-state index is 0.0390. The quantitative estimate of drug-likeness (QED) is 0.393. The summed E-state index contributed by atoms with van der Waals surface area (Å²) in [6, 6.07) is 6.97. The number of ether oxygens (including phenoxy) is 1. The van der Waals surface area contributed by atoms with E-state index in [1.165, 1.54) is 25.3 Å². The number of rotatable bonds is 3. The molecule has 2 aromatic carbocycles. The van der Waals surface area contributed by atoms with E-state index in [1.807, 2.05) is 11.8 Å². The first-order valence-electron chi connectivity index (χ1n) is 11.3. The molecular formula is C24H21ClN4O6. The molecule has 0 unspecified atom stereocenters. The van der Waals surface area contributed by atoms with E-state index in [1.54, 1.807) is 12.1 Å². The molecule has 3 amide bonds. The number of halogens is 1. The van der Waals surface area contributed by atoms with E-state index in [4.69, 9.17) is 16.3 Å². The molecule has 1 spiro atoms. The minimum atomic E-state index is -1.33. The van der Waals surface area contributed by atoms with Gasteiger partial charge in [-0.3, -0.25) is 29.4 Å². The Morgan fingerprint density at radius 2 is 1.97 bits per heavy atom. The number of anilines is 2. The fourth-order valence-electron chi connectivity index (χ4n) is 6.59. The lowest BCUT2D eigenvalue weighted by Crippen LogP contribution is -2.54. The number of nitro groups is 1. The Balaban J connectivity index is 1.54. The summed E-state index contributed by atoms with van der Waals surface area (Å²) in [7, 11) is 1.32. The number of non-ortho nitro benzene ring substituents is 1.